The van der Waals surface area contributed by atoms with Gasteiger partial charge in [0.25, 0.3) is 0 Å². The van der Waals surface area contributed by atoms with Crippen LogP contribution in [0.5, 0.6) is 0 Å². The number of likely N-dealkylation sites (tertiary alicyclic amines) is 1. The molecule has 5 nitrogen and oxygen atoms in total. The fraction of sp³-hybridized carbons (Fsp3) is 0.571. The molecule has 0 aromatic carbocycles. The first-order chi connectivity index (χ1) is 9.22. The molecule has 0 saturated carbocycles. The van der Waals surface area contributed by atoms with Crippen LogP contribution >= 0.6 is 0 Å². The van der Waals surface area contributed by atoms with E-state index in [2.05, 4.69) is 22.2 Å². The summed E-state index contributed by atoms with van der Waals surface area (Å²) in [5.74, 6) is 0.0956. The van der Waals surface area contributed by atoms with Crippen molar-refractivity contribution in [3.63, 3.8) is 0 Å². The molecular weight excluding hydrogens is 242 g/mol. The average Bonchev–Trinajstić information content (AvgIpc) is 2.72. The van der Waals surface area contributed by atoms with Crippen molar-refractivity contribution in [3.05, 3.63) is 30.1 Å². The second kappa shape index (κ2) is 5.27. The summed E-state index contributed by atoms with van der Waals surface area (Å²) < 4.78 is 5.84. The van der Waals surface area contributed by atoms with Crippen LogP contribution in [0.15, 0.2) is 24.5 Å². The number of morpholine rings is 1. The van der Waals surface area contributed by atoms with Gasteiger partial charge in [-0.3, -0.25) is 9.78 Å². The number of carbonyl (C=O) groups is 1. The van der Waals surface area contributed by atoms with E-state index in [0.29, 0.717) is 6.54 Å². The normalized spacial score (nSPS) is 30.3. The topological polar surface area (TPSA) is 54.5 Å². The molecule has 0 radical (unpaired) electrons. The van der Waals surface area contributed by atoms with E-state index in [1.165, 1.54) is 0 Å². The van der Waals surface area contributed by atoms with E-state index in [9.17, 15) is 4.79 Å². The molecule has 0 unspecified atom stereocenters. The molecule has 1 amide bonds. The molecule has 102 valence electrons. The van der Waals surface area contributed by atoms with E-state index < -0.39 is 0 Å². The van der Waals surface area contributed by atoms with Gasteiger partial charge in [-0.25, -0.2) is 0 Å². The van der Waals surface area contributed by atoms with E-state index in [1.807, 2.05) is 12.1 Å². The number of amides is 1. The maximum atomic E-state index is 12.2. The number of hydrogen-bond acceptors (Lipinski definition) is 4. The van der Waals surface area contributed by atoms with Gasteiger partial charge < -0.3 is 15.0 Å². The Balaban J connectivity index is 1.56. The quantitative estimate of drug-likeness (QED) is 0.856. The number of aromatic nitrogens is 1. The van der Waals surface area contributed by atoms with Gasteiger partial charge in [-0.15, -0.1) is 0 Å². The molecule has 0 aliphatic carbocycles. The Labute approximate surface area is 113 Å². The molecule has 2 fully saturated rings. The molecule has 2 aliphatic heterocycles. The zero-order chi connectivity index (χ0) is 13.2. The summed E-state index contributed by atoms with van der Waals surface area (Å²) in [4.78, 5) is 18.5. The van der Waals surface area contributed by atoms with Gasteiger partial charge in [-0.05, 0) is 25.1 Å². The molecule has 1 N–H and O–H groups in total. The van der Waals surface area contributed by atoms with E-state index in [0.717, 1.165) is 25.1 Å². The Bertz CT molecular complexity index is 451. The highest BCUT2D eigenvalue weighted by atomic mass is 16.5. The minimum absolute atomic E-state index is 0.00776. The van der Waals surface area contributed by atoms with Crippen LogP contribution in [0.25, 0.3) is 0 Å². The second-order valence-corrected chi connectivity index (χ2v) is 5.44. The standard InChI is InChI=1S/C14H19N3O2/c1-17-8-11-5-12(13(9-17)19-11)14(18)16-7-10-3-2-4-15-6-10/h2-4,6,11-13H,5,7-9H2,1H3,(H,16,18)/t11-,12-,13-/m1/s1. The maximum absolute atomic E-state index is 12.2. The monoisotopic (exact) mass is 261 g/mol. The molecular formula is C14H19N3O2. The minimum atomic E-state index is -0.00776. The highest BCUT2D eigenvalue weighted by Crippen LogP contribution is 2.31. The molecule has 19 heavy (non-hydrogen) atoms. The summed E-state index contributed by atoms with van der Waals surface area (Å²) in [6, 6.07) is 3.84. The van der Waals surface area contributed by atoms with Crippen LogP contribution in [0.3, 0.4) is 0 Å². The molecule has 3 rings (SSSR count). The Kier molecular flexibility index (Phi) is 3.48. The van der Waals surface area contributed by atoms with Gasteiger partial charge in [0.05, 0.1) is 18.1 Å². The number of nitrogens with one attached hydrogen (secondary N) is 1. The Morgan fingerprint density at radius 3 is 3.26 bits per heavy atom. The molecule has 3 atom stereocenters. The predicted molar refractivity (Wildman–Crippen MR) is 70.3 cm³/mol. The van der Waals surface area contributed by atoms with Crippen molar-refractivity contribution in [1.82, 2.24) is 15.2 Å². The fourth-order valence-electron chi connectivity index (χ4n) is 2.95. The maximum Gasteiger partial charge on any atom is 0.226 e. The van der Waals surface area contributed by atoms with Crippen molar-refractivity contribution >= 4 is 5.91 Å². The number of nitrogens with zero attached hydrogens (tertiary/aromatic N) is 2. The Hall–Kier alpha value is -1.46. The van der Waals surface area contributed by atoms with Crippen molar-refractivity contribution in [3.8, 4) is 0 Å². The van der Waals surface area contributed by atoms with E-state index in [1.54, 1.807) is 12.4 Å². The zero-order valence-corrected chi connectivity index (χ0v) is 11.1. The molecule has 1 aromatic rings. The number of pyridine rings is 1. The third-order valence-electron chi connectivity index (χ3n) is 3.87. The van der Waals surface area contributed by atoms with Gasteiger partial charge in [0.2, 0.25) is 5.91 Å². The van der Waals surface area contributed by atoms with Gasteiger partial charge in [-0.1, -0.05) is 6.07 Å². The molecule has 2 aliphatic rings. The summed E-state index contributed by atoms with van der Waals surface area (Å²) in [7, 11) is 2.08. The third kappa shape index (κ3) is 2.77. The number of likely N-dealkylation sites (N-methyl/N-ethyl adjacent to an activating group) is 1. The number of rotatable bonds is 3. The van der Waals surface area contributed by atoms with E-state index in [-0.39, 0.29) is 24.0 Å². The lowest BCUT2D eigenvalue weighted by Crippen LogP contribution is -2.43. The predicted octanol–water partition coefficient (Wildman–Crippen LogP) is 0.417. The van der Waals surface area contributed by atoms with Crippen LogP contribution in [0.2, 0.25) is 0 Å². The van der Waals surface area contributed by atoms with Crippen LogP contribution in [0.4, 0.5) is 0 Å². The first kappa shape index (κ1) is 12.6. The molecule has 2 saturated heterocycles. The average molecular weight is 261 g/mol. The highest BCUT2D eigenvalue weighted by molar-refractivity contribution is 5.79. The lowest BCUT2D eigenvalue weighted by atomic mass is 9.99. The van der Waals surface area contributed by atoms with Crippen LogP contribution in [-0.4, -0.2) is 48.1 Å². The second-order valence-electron chi connectivity index (χ2n) is 5.44. The first-order valence-electron chi connectivity index (χ1n) is 6.73. The largest absolute Gasteiger partial charge is 0.371 e. The minimum Gasteiger partial charge on any atom is -0.371 e. The Morgan fingerprint density at radius 1 is 1.58 bits per heavy atom. The SMILES string of the molecule is CN1C[C@H]2C[C@@H](C(=O)NCc3cccnc3)[C@@H](C1)O2. The van der Waals surface area contributed by atoms with Crippen LogP contribution in [-0.2, 0) is 16.1 Å². The van der Waals surface area contributed by atoms with Gasteiger partial charge >= 0.3 is 0 Å². The van der Waals surface area contributed by atoms with E-state index >= 15 is 0 Å². The van der Waals surface area contributed by atoms with Gasteiger partial charge in [0, 0.05) is 32.0 Å². The zero-order valence-electron chi connectivity index (χ0n) is 11.1. The molecule has 3 heterocycles. The fourth-order valence-corrected chi connectivity index (χ4v) is 2.95. The van der Waals surface area contributed by atoms with Crippen molar-refractivity contribution in [2.45, 2.75) is 25.2 Å². The Morgan fingerprint density at radius 2 is 2.47 bits per heavy atom. The van der Waals surface area contributed by atoms with Crippen molar-refractivity contribution in [2.24, 2.45) is 5.92 Å². The summed E-state index contributed by atoms with van der Waals surface area (Å²) in [5.41, 5.74) is 1.02. The van der Waals surface area contributed by atoms with Crippen molar-refractivity contribution in [1.29, 1.82) is 0 Å². The van der Waals surface area contributed by atoms with Gasteiger partial charge in [0.15, 0.2) is 0 Å². The van der Waals surface area contributed by atoms with Crippen LogP contribution in [0, 0.1) is 5.92 Å². The summed E-state index contributed by atoms with van der Waals surface area (Å²) in [6.45, 7) is 2.32. The molecule has 0 spiro atoms. The molecule has 2 bridgehead atoms. The smallest absolute Gasteiger partial charge is 0.226 e. The lowest BCUT2D eigenvalue weighted by molar-refractivity contribution is -0.128. The first-order valence-corrected chi connectivity index (χ1v) is 6.73. The van der Waals surface area contributed by atoms with Gasteiger partial charge in [-0.2, -0.15) is 0 Å². The van der Waals surface area contributed by atoms with E-state index in [4.69, 9.17) is 4.74 Å². The summed E-state index contributed by atoms with van der Waals surface area (Å²) >= 11 is 0. The third-order valence-corrected chi connectivity index (χ3v) is 3.87. The number of ether oxygens (including phenoxy) is 1. The van der Waals surface area contributed by atoms with Crippen molar-refractivity contribution < 1.29 is 9.53 Å². The highest BCUT2D eigenvalue weighted by Gasteiger charge is 2.43. The lowest BCUT2D eigenvalue weighted by Gasteiger charge is -2.29. The van der Waals surface area contributed by atoms with Crippen LogP contribution in [0.1, 0.15) is 12.0 Å². The van der Waals surface area contributed by atoms with Crippen molar-refractivity contribution in [2.75, 3.05) is 20.1 Å². The summed E-state index contributed by atoms with van der Waals surface area (Å²) in [5, 5.41) is 2.99. The molecule has 5 heteroatoms. The number of fused-ring (bicyclic) bond motifs is 2. The van der Waals surface area contributed by atoms with Gasteiger partial charge in [0.1, 0.15) is 0 Å². The molecule has 1 aromatic heterocycles. The number of hydrogen-bond donors (Lipinski definition) is 1. The van der Waals surface area contributed by atoms with Crippen LogP contribution < -0.4 is 5.32 Å². The summed E-state index contributed by atoms with van der Waals surface area (Å²) in [6.07, 6.45) is 4.62. The number of carbonyl (C=O) groups excluding carboxylic acids is 1.